The van der Waals surface area contributed by atoms with Crippen LogP contribution in [-0.2, 0) is 6.42 Å². The predicted molar refractivity (Wildman–Crippen MR) is 79.8 cm³/mol. The summed E-state index contributed by atoms with van der Waals surface area (Å²) in [5, 5.41) is 14.8. The van der Waals surface area contributed by atoms with E-state index in [9.17, 15) is 0 Å². The monoisotopic (exact) mass is 293 g/mol. The van der Waals surface area contributed by atoms with Gasteiger partial charge in [0.1, 0.15) is 10.0 Å². The number of nitrogens with one attached hydrogen (secondary N) is 1. The van der Waals surface area contributed by atoms with Crippen LogP contribution in [-0.4, -0.2) is 22.8 Å². The molecule has 0 aliphatic heterocycles. The van der Waals surface area contributed by atoms with E-state index in [0.717, 1.165) is 45.2 Å². The molecule has 1 saturated carbocycles. The molecule has 5 heteroatoms. The summed E-state index contributed by atoms with van der Waals surface area (Å²) in [6.45, 7) is 3.03. The molecule has 0 bridgehead atoms. The van der Waals surface area contributed by atoms with Crippen LogP contribution in [0.3, 0.4) is 0 Å². The molecule has 100 valence electrons. The Bertz CT molecular complexity index is 558. The molecule has 2 aromatic rings. The van der Waals surface area contributed by atoms with E-state index in [2.05, 4.69) is 21.6 Å². The summed E-state index contributed by atoms with van der Waals surface area (Å²) in [6.07, 6.45) is 3.60. The highest BCUT2D eigenvalue weighted by Crippen LogP contribution is 2.27. The van der Waals surface area contributed by atoms with Gasteiger partial charge in [0.15, 0.2) is 0 Å². The fraction of sp³-hybridized carbons (Fsp3) is 0.429. The van der Waals surface area contributed by atoms with Crippen molar-refractivity contribution in [1.29, 1.82) is 0 Å². The van der Waals surface area contributed by atoms with Crippen molar-refractivity contribution in [3.63, 3.8) is 0 Å². The average Bonchev–Trinajstić information content (AvgIpc) is 3.04. The molecule has 1 fully saturated rings. The molecular weight excluding hydrogens is 278 g/mol. The standard InChI is InChI=1S/C14H16ClN3S/c1-9-6-10(8-11(15)7-9)14-18-17-13(19-14)4-5-16-12-2-3-12/h6-8,12,16H,2-5H2,1H3. The Hall–Kier alpha value is -0.970. The van der Waals surface area contributed by atoms with Gasteiger partial charge >= 0.3 is 0 Å². The van der Waals surface area contributed by atoms with E-state index in [1.165, 1.54) is 12.8 Å². The second-order valence-corrected chi connectivity index (χ2v) is 6.50. The first kappa shape index (κ1) is 13.0. The van der Waals surface area contributed by atoms with Gasteiger partial charge in [-0.25, -0.2) is 0 Å². The minimum Gasteiger partial charge on any atom is -0.314 e. The Morgan fingerprint density at radius 2 is 2.16 bits per heavy atom. The van der Waals surface area contributed by atoms with Gasteiger partial charge in [-0.2, -0.15) is 0 Å². The first-order chi connectivity index (χ1) is 9.20. The zero-order valence-electron chi connectivity index (χ0n) is 10.8. The molecule has 19 heavy (non-hydrogen) atoms. The van der Waals surface area contributed by atoms with Crippen molar-refractivity contribution >= 4 is 22.9 Å². The van der Waals surface area contributed by atoms with Gasteiger partial charge in [-0.3, -0.25) is 0 Å². The number of hydrogen-bond acceptors (Lipinski definition) is 4. The smallest absolute Gasteiger partial charge is 0.147 e. The molecular formula is C14H16ClN3S. The molecule has 3 rings (SSSR count). The molecule has 1 N–H and O–H groups in total. The molecule has 1 aromatic carbocycles. The zero-order chi connectivity index (χ0) is 13.2. The summed E-state index contributed by atoms with van der Waals surface area (Å²) in [7, 11) is 0. The van der Waals surface area contributed by atoms with Crippen LogP contribution in [0.1, 0.15) is 23.4 Å². The third-order valence-electron chi connectivity index (χ3n) is 3.11. The highest BCUT2D eigenvalue weighted by atomic mass is 35.5. The third kappa shape index (κ3) is 3.53. The largest absolute Gasteiger partial charge is 0.314 e. The number of halogens is 1. The number of benzene rings is 1. The quantitative estimate of drug-likeness (QED) is 0.917. The van der Waals surface area contributed by atoms with Crippen LogP contribution < -0.4 is 5.32 Å². The average molecular weight is 294 g/mol. The molecule has 1 heterocycles. The van der Waals surface area contributed by atoms with Crippen molar-refractivity contribution in [3.8, 4) is 10.6 Å². The van der Waals surface area contributed by atoms with Gasteiger partial charge in [0.2, 0.25) is 0 Å². The predicted octanol–water partition coefficient (Wildman–Crippen LogP) is 3.46. The highest BCUT2D eigenvalue weighted by molar-refractivity contribution is 7.14. The lowest BCUT2D eigenvalue weighted by molar-refractivity contribution is 0.677. The lowest BCUT2D eigenvalue weighted by Gasteiger charge is -1.99. The SMILES string of the molecule is Cc1cc(Cl)cc(-c2nnc(CCNC3CC3)s2)c1. The number of aromatic nitrogens is 2. The van der Waals surface area contributed by atoms with Crippen molar-refractivity contribution in [1.82, 2.24) is 15.5 Å². The summed E-state index contributed by atoms with van der Waals surface area (Å²) in [5.74, 6) is 0. The molecule has 1 aliphatic rings. The van der Waals surface area contributed by atoms with Crippen LogP contribution in [0.2, 0.25) is 5.02 Å². The summed E-state index contributed by atoms with van der Waals surface area (Å²) < 4.78 is 0. The van der Waals surface area contributed by atoms with Crippen LogP contribution in [0.5, 0.6) is 0 Å². The second-order valence-electron chi connectivity index (χ2n) is 5.00. The van der Waals surface area contributed by atoms with E-state index < -0.39 is 0 Å². The maximum absolute atomic E-state index is 6.08. The van der Waals surface area contributed by atoms with Crippen molar-refractivity contribution in [3.05, 3.63) is 33.8 Å². The molecule has 1 aromatic heterocycles. The van der Waals surface area contributed by atoms with Crippen LogP contribution in [0.4, 0.5) is 0 Å². The lowest BCUT2D eigenvalue weighted by atomic mass is 10.1. The van der Waals surface area contributed by atoms with Gasteiger partial charge in [-0.1, -0.05) is 22.9 Å². The molecule has 0 radical (unpaired) electrons. The maximum atomic E-state index is 6.08. The van der Waals surface area contributed by atoms with E-state index in [0.29, 0.717) is 0 Å². The minimum absolute atomic E-state index is 0.752. The molecule has 0 saturated heterocycles. The van der Waals surface area contributed by atoms with Crippen LogP contribution in [0.15, 0.2) is 18.2 Å². The first-order valence-corrected chi connectivity index (χ1v) is 7.73. The third-order valence-corrected chi connectivity index (χ3v) is 4.36. The summed E-state index contributed by atoms with van der Waals surface area (Å²) >= 11 is 7.73. The van der Waals surface area contributed by atoms with Crippen molar-refractivity contribution in [2.24, 2.45) is 0 Å². The Labute approximate surface area is 122 Å². The Kier molecular flexibility index (Phi) is 3.82. The van der Waals surface area contributed by atoms with Gasteiger partial charge in [0.25, 0.3) is 0 Å². The zero-order valence-corrected chi connectivity index (χ0v) is 12.4. The van der Waals surface area contributed by atoms with E-state index >= 15 is 0 Å². The Morgan fingerprint density at radius 3 is 2.89 bits per heavy atom. The topological polar surface area (TPSA) is 37.8 Å². The minimum atomic E-state index is 0.752. The van der Waals surface area contributed by atoms with Gasteiger partial charge in [-0.05, 0) is 43.5 Å². The fourth-order valence-corrected chi connectivity index (χ4v) is 3.12. The second kappa shape index (κ2) is 5.57. The maximum Gasteiger partial charge on any atom is 0.147 e. The normalized spacial score (nSPS) is 14.8. The van der Waals surface area contributed by atoms with Gasteiger partial charge in [0, 0.05) is 29.6 Å². The van der Waals surface area contributed by atoms with Crippen molar-refractivity contribution < 1.29 is 0 Å². The van der Waals surface area contributed by atoms with Gasteiger partial charge < -0.3 is 5.32 Å². The van der Waals surface area contributed by atoms with Crippen molar-refractivity contribution in [2.75, 3.05) is 6.54 Å². The van der Waals surface area contributed by atoms with Gasteiger partial charge in [-0.15, -0.1) is 10.2 Å². The fourth-order valence-electron chi connectivity index (χ4n) is 2.00. The van der Waals surface area contributed by atoms with E-state index in [1.807, 2.05) is 19.1 Å². The summed E-state index contributed by atoms with van der Waals surface area (Å²) in [5.41, 5.74) is 2.21. The van der Waals surface area contributed by atoms with Crippen LogP contribution in [0, 0.1) is 6.92 Å². The molecule has 3 nitrogen and oxygen atoms in total. The van der Waals surface area contributed by atoms with E-state index in [4.69, 9.17) is 11.6 Å². The summed E-state index contributed by atoms with van der Waals surface area (Å²) in [4.78, 5) is 0. The van der Waals surface area contributed by atoms with Crippen LogP contribution >= 0.6 is 22.9 Å². The molecule has 1 aliphatic carbocycles. The Morgan fingerprint density at radius 1 is 1.32 bits per heavy atom. The van der Waals surface area contributed by atoms with E-state index in [1.54, 1.807) is 11.3 Å². The van der Waals surface area contributed by atoms with Gasteiger partial charge in [0.05, 0.1) is 0 Å². The van der Waals surface area contributed by atoms with Crippen molar-refractivity contribution in [2.45, 2.75) is 32.2 Å². The first-order valence-electron chi connectivity index (χ1n) is 6.54. The molecule has 0 amide bonds. The highest BCUT2D eigenvalue weighted by Gasteiger charge is 2.19. The molecule has 0 atom stereocenters. The van der Waals surface area contributed by atoms with Crippen LogP contribution in [0.25, 0.3) is 10.6 Å². The molecule has 0 spiro atoms. The number of nitrogens with zero attached hydrogens (tertiary/aromatic N) is 2. The number of hydrogen-bond donors (Lipinski definition) is 1. The Balaban J connectivity index is 1.68. The number of aryl methyl sites for hydroxylation is 1. The number of rotatable bonds is 5. The summed E-state index contributed by atoms with van der Waals surface area (Å²) in [6, 6.07) is 6.75. The lowest BCUT2D eigenvalue weighted by Crippen LogP contribution is -2.19. The van der Waals surface area contributed by atoms with E-state index in [-0.39, 0.29) is 0 Å². The molecule has 0 unspecified atom stereocenters.